The van der Waals surface area contributed by atoms with Crippen molar-refractivity contribution in [3.05, 3.63) is 60.2 Å². The van der Waals surface area contributed by atoms with E-state index in [1.165, 1.54) is 26.2 Å². The van der Waals surface area contributed by atoms with Crippen LogP contribution in [-0.2, 0) is 10.0 Å². The van der Waals surface area contributed by atoms with Crippen molar-refractivity contribution in [2.45, 2.75) is 4.90 Å². The minimum atomic E-state index is -3.53. The van der Waals surface area contributed by atoms with Crippen LogP contribution in [0.4, 0.5) is 5.82 Å². The van der Waals surface area contributed by atoms with Gasteiger partial charge in [0.2, 0.25) is 10.0 Å². The molecule has 0 aliphatic carbocycles. The van der Waals surface area contributed by atoms with E-state index in [1.54, 1.807) is 31.3 Å². The van der Waals surface area contributed by atoms with Gasteiger partial charge in [0.15, 0.2) is 17.3 Å². The van der Waals surface area contributed by atoms with Crippen LogP contribution in [0.2, 0.25) is 0 Å². The van der Waals surface area contributed by atoms with Crippen LogP contribution in [-0.4, -0.2) is 88.2 Å². The van der Waals surface area contributed by atoms with E-state index in [2.05, 4.69) is 15.1 Å². The molecule has 190 valence electrons. The first kappa shape index (κ1) is 25.4. The first-order valence-corrected chi connectivity index (χ1v) is 12.8. The molecule has 0 N–H and O–H groups in total. The summed E-state index contributed by atoms with van der Waals surface area (Å²) < 4.78 is 36.3. The third-order valence-corrected chi connectivity index (χ3v) is 7.93. The van der Waals surface area contributed by atoms with Gasteiger partial charge in [-0.1, -0.05) is 0 Å². The summed E-state index contributed by atoms with van der Waals surface area (Å²) in [5.74, 6) is 1.88. The van der Waals surface area contributed by atoms with Gasteiger partial charge in [0, 0.05) is 51.4 Å². The van der Waals surface area contributed by atoms with Gasteiger partial charge >= 0.3 is 0 Å². The summed E-state index contributed by atoms with van der Waals surface area (Å²) in [4.78, 5) is 16.9. The molecule has 1 amide bonds. The maximum atomic E-state index is 12.9. The molecule has 2 heterocycles. The number of sulfonamides is 1. The molecule has 3 aromatic rings. The third kappa shape index (κ3) is 5.12. The standard InChI is InChI=1S/C25H29N5O5S/c1-28(2)36(32,33)20-8-5-18(6-9-20)25(31)30-15-13-29(14-16-30)24-12-10-21(26-27-24)19-7-11-22(34-3)23(17-19)35-4/h5-12,17H,13-16H2,1-4H3. The van der Waals surface area contributed by atoms with E-state index in [9.17, 15) is 13.2 Å². The fraction of sp³-hybridized carbons (Fsp3) is 0.320. The number of carbonyl (C=O) groups is 1. The number of ether oxygens (including phenoxy) is 2. The van der Waals surface area contributed by atoms with Crippen molar-refractivity contribution in [3.63, 3.8) is 0 Å². The SMILES string of the molecule is COc1ccc(-c2ccc(N3CCN(C(=O)c4ccc(S(=O)(=O)N(C)C)cc4)CC3)nn2)cc1OC. The highest BCUT2D eigenvalue weighted by Crippen LogP contribution is 2.31. The number of anilines is 1. The molecule has 10 nitrogen and oxygen atoms in total. The van der Waals surface area contributed by atoms with Crippen molar-refractivity contribution in [3.8, 4) is 22.8 Å². The maximum absolute atomic E-state index is 12.9. The topological polar surface area (TPSA) is 105 Å². The van der Waals surface area contributed by atoms with E-state index in [0.29, 0.717) is 48.9 Å². The lowest BCUT2D eigenvalue weighted by molar-refractivity contribution is 0.0746. The first-order chi connectivity index (χ1) is 17.2. The summed E-state index contributed by atoms with van der Waals surface area (Å²) in [6, 6.07) is 15.5. The van der Waals surface area contributed by atoms with Crippen LogP contribution in [0.5, 0.6) is 11.5 Å². The quantitative estimate of drug-likeness (QED) is 0.476. The summed E-state index contributed by atoms with van der Waals surface area (Å²) in [6.07, 6.45) is 0. The maximum Gasteiger partial charge on any atom is 0.253 e. The van der Waals surface area contributed by atoms with E-state index in [4.69, 9.17) is 9.47 Å². The Balaban J connectivity index is 1.38. The summed E-state index contributed by atoms with van der Waals surface area (Å²) in [5.41, 5.74) is 2.04. The minimum absolute atomic E-state index is 0.127. The molecule has 0 atom stereocenters. The summed E-state index contributed by atoms with van der Waals surface area (Å²) in [6.45, 7) is 2.28. The minimum Gasteiger partial charge on any atom is -0.493 e. The number of benzene rings is 2. The molecule has 0 bridgehead atoms. The Morgan fingerprint density at radius 3 is 2.08 bits per heavy atom. The van der Waals surface area contributed by atoms with E-state index in [-0.39, 0.29) is 10.8 Å². The van der Waals surface area contributed by atoms with Gasteiger partial charge in [0.25, 0.3) is 5.91 Å². The highest BCUT2D eigenvalue weighted by molar-refractivity contribution is 7.89. The number of carbonyl (C=O) groups excluding carboxylic acids is 1. The van der Waals surface area contributed by atoms with Gasteiger partial charge in [0.05, 0.1) is 24.8 Å². The zero-order valence-corrected chi connectivity index (χ0v) is 21.5. The Hall–Kier alpha value is -3.70. The molecule has 11 heteroatoms. The molecule has 36 heavy (non-hydrogen) atoms. The highest BCUT2D eigenvalue weighted by Gasteiger charge is 2.24. The number of amides is 1. The van der Waals surface area contributed by atoms with Crippen molar-refractivity contribution in [1.82, 2.24) is 19.4 Å². The largest absolute Gasteiger partial charge is 0.493 e. The lowest BCUT2D eigenvalue weighted by atomic mass is 10.1. The predicted molar refractivity (Wildman–Crippen MR) is 136 cm³/mol. The van der Waals surface area contributed by atoms with Gasteiger partial charge in [-0.25, -0.2) is 12.7 Å². The van der Waals surface area contributed by atoms with Crippen LogP contribution in [0, 0.1) is 0 Å². The van der Waals surface area contributed by atoms with Gasteiger partial charge < -0.3 is 19.3 Å². The molecule has 4 rings (SSSR count). The Bertz CT molecular complexity index is 1320. The predicted octanol–water partition coefficient (Wildman–Crippen LogP) is 2.37. The Labute approximate surface area is 211 Å². The van der Waals surface area contributed by atoms with E-state index in [0.717, 1.165) is 15.7 Å². The highest BCUT2D eigenvalue weighted by atomic mass is 32.2. The lowest BCUT2D eigenvalue weighted by Crippen LogP contribution is -2.49. The van der Waals surface area contributed by atoms with Crippen molar-refractivity contribution in [2.24, 2.45) is 0 Å². The lowest BCUT2D eigenvalue weighted by Gasteiger charge is -2.35. The van der Waals surface area contributed by atoms with Gasteiger partial charge in [-0.3, -0.25) is 4.79 Å². The number of hydrogen-bond acceptors (Lipinski definition) is 8. The second-order valence-electron chi connectivity index (χ2n) is 8.44. The summed E-state index contributed by atoms with van der Waals surface area (Å²) >= 11 is 0. The van der Waals surface area contributed by atoms with Crippen molar-refractivity contribution < 1.29 is 22.7 Å². The van der Waals surface area contributed by atoms with E-state index in [1.807, 2.05) is 30.3 Å². The smallest absolute Gasteiger partial charge is 0.253 e. The van der Waals surface area contributed by atoms with E-state index < -0.39 is 10.0 Å². The zero-order chi connectivity index (χ0) is 25.9. The van der Waals surface area contributed by atoms with Gasteiger partial charge in [-0.05, 0) is 54.6 Å². The molecule has 0 spiro atoms. The van der Waals surface area contributed by atoms with Crippen LogP contribution >= 0.6 is 0 Å². The van der Waals surface area contributed by atoms with Crippen LogP contribution in [0.15, 0.2) is 59.5 Å². The average molecular weight is 512 g/mol. The number of aromatic nitrogens is 2. The molecule has 1 aromatic heterocycles. The molecular formula is C25H29N5O5S. The monoisotopic (exact) mass is 511 g/mol. The van der Waals surface area contributed by atoms with E-state index >= 15 is 0 Å². The molecule has 1 aliphatic heterocycles. The molecule has 1 saturated heterocycles. The molecule has 0 radical (unpaired) electrons. The molecule has 1 aliphatic rings. The molecule has 0 unspecified atom stereocenters. The van der Waals surface area contributed by atoms with Crippen molar-refractivity contribution in [1.29, 1.82) is 0 Å². The summed E-state index contributed by atoms with van der Waals surface area (Å²) in [7, 11) is 2.60. The first-order valence-electron chi connectivity index (χ1n) is 11.4. The van der Waals surface area contributed by atoms with Crippen LogP contribution < -0.4 is 14.4 Å². The zero-order valence-electron chi connectivity index (χ0n) is 20.7. The molecule has 0 saturated carbocycles. The van der Waals surface area contributed by atoms with Gasteiger partial charge in [-0.15, -0.1) is 10.2 Å². The number of piperazine rings is 1. The van der Waals surface area contributed by atoms with Crippen molar-refractivity contribution in [2.75, 3.05) is 59.4 Å². The Morgan fingerprint density at radius 2 is 1.53 bits per heavy atom. The second-order valence-corrected chi connectivity index (χ2v) is 10.6. The molecule has 2 aromatic carbocycles. The number of methoxy groups -OCH3 is 2. The van der Waals surface area contributed by atoms with Crippen LogP contribution in [0.3, 0.4) is 0 Å². The Morgan fingerprint density at radius 1 is 0.861 bits per heavy atom. The van der Waals surface area contributed by atoms with Crippen LogP contribution in [0.1, 0.15) is 10.4 Å². The van der Waals surface area contributed by atoms with Gasteiger partial charge in [-0.2, -0.15) is 0 Å². The number of rotatable bonds is 7. The number of hydrogen-bond donors (Lipinski definition) is 0. The van der Waals surface area contributed by atoms with Gasteiger partial charge in [0.1, 0.15) is 0 Å². The third-order valence-electron chi connectivity index (χ3n) is 6.10. The van der Waals surface area contributed by atoms with Crippen molar-refractivity contribution >= 4 is 21.7 Å². The van der Waals surface area contributed by atoms with Crippen LogP contribution in [0.25, 0.3) is 11.3 Å². The normalized spacial score (nSPS) is 14.1. The average Bonchev–Trinajstić information content (AvgIpc) is 2.92. The second kappa shape index (κ2) is 10.5. The fourth-order valence-corrected chi connectivity index (χ4v) is 4.85. The fourth-order valence-electron chi connectivity index (χ4n) is 3.94. The summed E-state index contributed by atoms with van der Waals surface area (Å²) in [5, 5.41) is 8.77. The number of nitrogens with zero attached hydrogens (tertiary/aromatic N) is 5. The molecular weight excluding hydrogens is 482 g/mol. The molecule has 1 fully saturated rings. The Kier molecular flexibility index (Phi) is 7.41.